The summed E-state index contributed by atoms with van der Waals surface area (Å²) in [5.41, 5.74) is 2.43. The molecule has 40 heavy (non-hydrogen) atoms. The molecule has 0 radical (unpaired) electrons. The number of ether oxygens (including phenoxy) is 5. The van der Waals surface area contributed by atoms with Gasteiger partial charge in [0.15, 0.2) is 40.3 Å². The van der Waals surface area contributed by atoms with Crippen LogP contribution in [0.2, 0.25) is 0 Å². The van der Waals surface area contributed by atoms with Crippen LogP contribution in [0.3, 0.4) is 0 Å². The average molecular weight is 543 g/mol. The highest BCUT2D eigenvalue weighted by Crippen LogP contribution is 2.51. The van der Waals surface area contributed by atoms with E-state index in [2.05, 4.69) is 23.9 Å². The molecule has 2 aliphatic rings. The lowest BCUT2D eigenvalue weighted by molar-refractivity contribution is -0.118. The Labute approximate surface area is 231 Å². The van der Waals surface area contributed by atoms with Gasteiger partial charge >= 0.3 is 0 Å². The Hall–Kier alpha value is -4.60. The van der Waals surface area contributed by atoms with Crippen molar-refractivity contribution < 1.29 is 28.5 Å². The summed E-state index contributed by atoms with van der Waals surface area (Å²) in [4.78, 5) is 23.1. The Bertz CT molecular complexity index is 1660. The van der Waals surface area contributed by atoms with Crippen LogP contribution in [-0.2, 0) is 11.4 Å². The van der Waals surface area contributed by atoms with Crippen molar-refractivity contribution >= 4 is 11.4 Å². The molecule has 4 aromatic rings. The average Bonchev–Trinajstić information content (AvgIpc) is 3.37. The topological polar surface area (TPSA) is 106 Å². The molecule has 2 aromatic carbocycles. The van der Waals surface area contributed by atoms with Gasteiger partial charge in [-0.25, -0.2) is 14.5 Å². The molecule has 0 saturated heterocycles. The lowest BCUT2D eigenvalue weighted by atomic mass is 9.70. The highest BCUT2D eigenvalue weighted by molar-refractivity contribution is 6.00. The number of fused-ring (bicyclic) bond motifs is 3. The number of allylic oxidation sites excluding steroid dienone is 2. The van der Waals surface area contributed by atoms with Gasteiger partial charge in [-0.05, 0) is 35.2 Å². The van der Waals surface area contributed by atoms with Crippen molar-refractivity contribution in [1.29, 1.82) is 0 Å². The summed E-state index contributed by atoms with van der Waals surface area (Å²) in [5, 5.41) is 4.60. The monoisotopic (exact) mass is 542 g/mol. The van der Waals surface area contributed by atoms with Crippen molar-refractivity contribution in [1.82, 2.24) is 19.6 Å². The second kappa shape index (κ2) is 9.86. The molecular formula is C30H30N4O6. The van der Waals surface area contributed by atoms with E-state index in [1.807, 2.05) is 42.5 Å². The maximum Gasteiger partial charge on any atom is 0.228 e. The Morgan fingerprint density at radius 1 is 0.975 bits per heavy atom. The number of para-hydroxylation sites is 2. The smallest absolute Gasteiger partial charge is 0.228 e. The maximum absolute atomic E-state index is 13.7. The Morgan fingerprint density at radius 3 is 2.45 bits per heavy atom. The van der Waals surface area contributed by atoms with Gasteiger partial charge in [-0.3, -0.25) is 4.79 Å². The molecule has 2 aromatic heterocycles. The maximum atomic E-state index is 13.7. The van der Waals surface area contributed by atoms with Gasteiger partial charge < -0.3 is 23.7 Å². The minimum absolute atomic E-state index is 0.0398. The van der Waals surface area contributed by atoms with E-state index in [4.69, 9.17) is 28.7 Å². The number of methoxy groups -OCH3 is 3. The molecule has 0 unspecified atom stereocenters. The third-order valence-corrected chi connectivity index (χ3v) is 7.27. The molecule has 1 atom stereocenters. The number of hydrogen-bond acceptors (Lipinski definition) is 9. The molecule has 6 rings (SSSR count). The molecule has 0 N–H and O–H groups in total. The number of Topliss-reactive ketones (excluding diaryl/α,β-unsaturated/α-hetero) is 1. The van der Waals surface area contributed by atoms with E-state index in [-0.39, 0.29) is 17.8 Å². The first kappa shape index (κ1) is 25.7. The van der Waals surface area contributed by atoms with Crippen LogP contribution in [0.5, 0.6) is 28.9 Å². The molecule has 0 saturated carbocycles. The summed E-state index contributed by atoms with van der Waals surface area (Å²) in [6, 6.07) is 13.1. The first-order valence-corrected chi connectivity index (χ1v) is 13.0. The van der Waals surface area contributed by atoms with Crippen LogP contribution in [0.4, 0.5) is 0 Å². The van der Waals surface area contributed by atoms with Gasteiger partial charge in [-0.2, -0.15) is 0 Å². The van der Waals surface area contributed by atoms with Crippen LogP contribution < -0.4 is 23.7 Å². The fourth-order valence-electron chi connectivity index (χ4n) is 5.50. The molecule has 0 amide bonds. The fraction of sp³-hybridized carbons (Fsp3) is 0.333. The fourth-order valence-corrected chi connectivity index (χ4v) is 5.50. The van der Waals surface area contributed by atoms with Crippen molar-refractivity contribution in [2.45, 2.75) is 39.2 Å². The zero-order valence-corrected chi connectivity index (χ0v) is 23.1. The van der Waals surface area contributed by atoms with E-state index in [0.29, 0.717) is 70.1 Å². The van der Waals surface area contributed by atoms with Crippen molar-refractivity contribution in [3.8, 4) is 28.9 Å². The number of rotatable bonds is 7. The number of carbonyl (C=O) groups excluding carboxylic acids is 1. The number of ketones is 1. The minimum atomic E-state index is -0.481. The van der Waals surface area contributed by atoms with Crippen LogP contribution in [0, 0.1) is 5.41 Å². The molecule has 0 fully saturated rings. The summed E-state index contributed by atoms with van der Waals surface area (Å²) in [5.74, 6) is 3.41. The lowest BCUT2D eigenvalue weighted by Gasteiger charge is -2.37. The SMILES string of the molecule is COc1ccc([C@H]2C3=C(CC(C)(C)CC3=O)Oc3ncn4nc(COc5ccccc5OC)nc4c32)cc1OC. The summed E-state index contributed by atoms with van der Waals surface area (Å²) >= 11 is 0. The highest BCUT2D eigenvalue weighted by Gasteiger charge is 2.44. The normalized spacial score (nSPS) is 17.6. The molecule has 0 spiro atoms. The van der Waals surface area contributed by atoms with E-state index in [0.717, 1.165) is 5.56 Å². The Morgan fingerprint density at radius 2 is 1.70 bits per heavy atom. The summed E-state index contributed by atoms with van der Waals surface area (Å²) in [6.45, 7) is 4.25. The minimum Gasteiger partial charge on any atom is -0.493 e. The number of aromatic nitrogens is 4. The third-order valence-electron chi connectivity index (χ3n) is 7.27. The zero-order valence-electron chi connectivity index (χ0n) is 23.1. The number of nitrogens with zero attached hydrogens (tertiary/aromatic N) is 4. The van der Waals surface area contributed by atoms with Crippen LogP contribution in [0.25, 0.3) is 5.65 Å². The predicted octanol–water partition coefficient (Wildman–Crippen LogP) is 4.90. The molecule has 10 heteroatoms. The third kappa shape index (κ3) is 4.39. The van der Waals surface area contributed by atoms with Gasteiger partial charge in [0.2, 0.25) is 5.88 Å². The second-order valence-corrected chi connectivity index (χ2v) is 10.6. The van der Waals surface area contributed by atoms with E-state index in [9.17, 15) is 4.79 Å². The van der Waals surface area contributed by atoms with Crippen LogP contribution >= 0.6 is 0 Å². The lowest BCUT2D eigenvalue weighted by Crippen LogP contribution is -2.33. The molecule has 1 aliphatic carbocycles. The second-order valence-electron chi connectivity index (χ2n) is 10.6. The molecule has 0 bridgehead atoms. The largest absolute Gasteiger partial charge is 0.493 e. The molecule has 206 valence electrons. The van der Waals surface area contributed by atoms with Gasteiger partial charge in [0.25, 0.3) is 0 Å². The Balaban J connectivity index is 1.48. The number of benzene rings is 2. The van der Waals surface area contributed by atoms with Crippen molar-refractivity contribution in [3.05, 3.63) is 77.1 Å². The highest BCUT2D eigenvalue weighted by atomic mass is 16.5. The predicted molar refractivity (Wildman–Crippen MR) is 145 cm³/mol. The molecule has 3 heterocycles. The van der Waals surface area contributed by atoms with Crippen LogP contribution in [0.15, 0.2) is 60.1 Å². The van der Waals surface area contributed by atoms with Crippen molar-refractivity contribution in [2.75, 3.05) is 21.3 Å². The molecule has 10 nitrogen and oxygen atoms in total. The van der Waals surface area contributed by atoms with Gasteiger partial charge in [-0.1, -0.05) is 32.0 Å². The van der Waals surface area contributed by atoms with Gasteiger partial charge in [0.1, 0.15) is 18.7 Å². The van der Waals surface area contributed by atoms with E-state index in [1.165, 1.54) is 0 Å². The van der Waals surface area contributed by atoms with Gasteiger partial charge in [0, 0.05) is 18.4 Å². The van der Waals surface area contributed by atoms with E-state index >= 15 is 0 Å². The van der Waals surface area contributed by atoms with Crippen molar-refractivity contribution in [2.24, 2.45) is 5.41 Å². The molecule has 1 aliphatic heterocycles. The summed E-state index contributed by atoms with van der Waals surface area (Å²) < 4.78 is 30.4. The first-order valence-electron chi connectivity index (χ1n) is 13.0. The first-order chi connectivity index (χ1) is 19.3. The van der Waals surface area contributed by atoms with Gasteiger partial charge in [-0.15, -0.1) is 5.10 Å². The zero-order chi connectivity index (χ0) is 28.0. The number of carbonyl (C=O) groups is 1. The summed E-state index contributed by atoms with van der Waals surface area (Å²) in [7, 11) is 4.77. The molecular weight excluding hydrogens is 512 g/mol. The number of hydrogen-bond donors (Lipinski definition) is 0. The van der Waals surface area contributed by atoms with Gasteiger partial charge in [0.05, 0.1) is 32.8 Å². The van der Waals surface area contributed by atoms with Crippen LogP contribution in [-0.4, -0.2) is 46.7 Å². The van der Waals surface area contributed by atoms with Crippen molar-refractivity contribution in [3.63, 3.8) is 0 Å². The quantitative estimate of drug-likeness (QED) is 0.322. The van der Waals surface area contributed by atoms with E-state index < -0.39 is 5.92 Å². The summed E-state index contributed by atoms with van der Waals surface area (Å²) in [6.07, 6.45) is 2.60. The van der Waals surface area contributed by atoms with Crippen LogP contribution in [0.1, 0.15) is 49.6 Å². The Kier molecular flexibility index (Phi) is 6.32. The standard InChI is InChI=1S/C30H30N4O6/c1-30(2)13-18(35)26-23(14-30)40-29-27(25(26)17-10-11-20(37-4)22(12-17)38-5)28-32-24(33-34(28)16-31-29)15-39-21-9-7-6-8-19(21)36-3/h6-12,16,25H,13-15H2,1-5H3/t25-/m0/s1. The van der Waals surface area contributed by atoms with E-state index in [1.54, 1.807) is 32.2 Å².